The Hall–Kier alpha value is -2.16. The highest BCUT2D eigenvalue weighted by Gasteiger charge is 2.17. The number of hydrogen-bond acceptors (Lipinski definition) is 3. The molecule has 0 spiro atoms. The van der Waals surface area contributed by atoms with E-state index in [2.05, 4.69) is 6.04 Å². The van der Waals surface area contributed by atoms with Gasteiger partial charge in [-0.25, -0.2) is 12.7 Å². The summed E-state index contributed by atoms with van der Waals surface area (Å²) in [5.74, 6) is 0.688. The molecule has 0 N–H and O–H groups in total. The molecule has 0 heterocycles. The van der Waals surface area contributed by atoms with Gasteiger partial charge >= 0.3 is 0 Å². The summed E-state index contributed by atoms with van der Waals surface area (Å²) in [6, 6.07) is 15.5. The molecule has 0 fully saturated rings. The van der Waals surface area contributed by atoms with Crippen molar-refractivity contribution < 1.29 is 13.2 Å². The van der Waals surface area contributed by atoms with Crippen molar-refractivity contribution in [2.75, 3.05) is 7.05 Å². The molecule has 22 heavy (non-hydrogen) atoms. The second-order valence-electron chi connectivity index (χ2n) is 4.49. The largest absolute Gasteiger partial charge is 0.489 e. The van der Waals surface area contributed by atoms with Crippen molar-refractivity contribution in [2.24, 2.45) is 0 Å². The maximum absolute atomic E-state index is 12.0. The highest BCUT2D eigenvalue weighted by molar-refractivity contribution is 7.89. The van der Waals surface area contributed by atoms with E-state index in [0.717, 1.165) is 9.87 Å². The number of rotatable bonds is 5. The Labute approximate surface area is 135 Å². The molecule has 0 aliphatic heterocycles. The first-order chi connectivity index (χ1) is 10.4. The molecule has 0 amide bonds. The average Bonchev–Trinajstić information content (AvgIpc) is 2.54. The molecule has 0 unspecified atom stereocenters. The molecule has 0 saturated heterocycles. The minimum Gasteiger partial charge on any atom is -0.489 e. The molecule has 0 aromatic heterocycles. The van der Waals surface area contributed by atoms with E-state index in [9.17, 15) is 8.42 Å². The Morgan fingerprint density at radius 3 is 2.27 bits per heavy atom. The summed E-state index contributed by atoms with van der Waals surface area (Å²) in [5, 5.41) is 0.638. The zero-order valence-electron chi connectivity index (χ0n) is 11.9. The van der Waals surface area contributed by atoms with Crippen LogP contribution in [0.4, 0.5) is 0 Å². The molecule has 0 bridgehead atoms. The Kier molecular flexibility index (Phi) is 4.96. The number of terminal acetylenes is 1. The summed E-state index contributed by atoms with van der Waals surface area (Å²) in [6.45, 7) is 0.326. The highest BCUT2D eigenvalue weighted by Crippen LogP contribution is 2.18. The van der Waals surface area contributed by atoms with Crippen molar-refractivity contribution in [1.82, 2.24) is 4.31 Å². The number of nitrogens with zero attached hydrogens (tertiary/aromatic N) is 1. The van der Waals surface area contributed by atoms with Gasteiger partial charge < -0.3 is 4.74 Å². The Balaban J connectivity index is 2.07. The summed E-state index contributed by atoms with van der Waals surface area (Å²) in [6.07, 6.45) is 5.12. The molecule has 0 saturated carbocycles. The Morgan fingerprint density at radius 2 is 1.73 bits per heavy atom. The van der Waals surface area contributed by atoms with E-state index < -0.39 is 10.0 Å². The molecule has 2 aromatic carbocycles. The van der Waals surface area contributed by atoms with E-state index >= 15 is 0 Å². The fraction of sp³-hybridized carbons (Fsp3) is 0.125. The number of benzene rings is 2. The van der Waals surface area contributed by atoms with Crippen molar-refractivity contribution in [1.29, 1.82) is 0 Å². The van der Waals surface area contributed by atoms with Crippen LogP contribution in [0.3, 0.4) is 0 Å². The lowest BCUT2D eigenvalue weighted by atomic mass is 10.2. The predicted octanol–water partition coefficient (Wildman–Crippen LogP) is 3.13. The standard InChI is InChI=1S/C16H14ClNO3S/c1-3-18(2)22(19,20)16-10-4-13(5-11-16)12-21-15-8-6-14(17)7-9-15/h1,4-11H,12H2,2H3. The van der Waals surface area contributed by atoms with Crippen molar-refractivity contribution in [3.63, 3.8) is 0 Å². The number of sulfonamides is 1. The van der Waals surface area contributed by atoms with Gasteiger partial charge in [-0.1, -0.05) is 30.2 Å². The maximum Gasteiger partial charge on any atom is 0.270 e. The van der Waals surface area contributed by atoms with Crippen LogP contribution in [0.1, 0.15) is 5.56 Å². The van der Waals surface area contributed by atoms with E-state index in [-0.39, 0.29) is 4.90 Å². The first-order valence-electron chi connectivity index (χ1n) is 6.36. The van der Waals surface area contributed by atoms with E-state index in [0.29, 0.717) is 17.4 Å². The second kappa shape index (κ2) is 6.73. The van der Waals surface area contributed by atoms with Crippen molar-refractivity contribution in [3.8, 4) is 18.2 Å². The summed E-state index contributed by atoms with van der Waals surface area (Å²) in [5.41, 5.74) is 0.845. The predicted molar refractivity (Wildman–Crippen MR) is 86.0 cm³/mol. The molecule has 0 atom stereocenters. The smallest absolute Gasteiger partial charge is 0.270 e. The van der Waals surface area contributed by atoms with Gasteiger partial charge in [-0.2, -0.15) is 0 Å². The molecule has 114 valence electrons. The van der Waals surface area contributed by atoms with E-state index in [1.165, 1.54) is 19.2 Å². The molecule has 0 aliphatic rings. The van der Waals surface area contributed by atoms with Gasteiger partial charge in [0, 0.05) is 18.1 Å². The number of hydrogen-bond donors (Lipinski definition) is 0. The molecule has 2 rings (SSSR count). The average molecular weight is 336 g/mol. The third-order valence-corrected chi connectivity index (χ3v) is 4.93. The molecule has 0 radical (unpaired) electrons. The first kappa shape index (κ1) is 16.2. The van der Waals surface area contributed by atoms with Gasteiger partial charge in [0.2, 0.25) is 0 Å². The molecule has 6 heteroatoms. The normalized spacial score (nSPS) is 10.8. The lowest BCUT2D eigenvalue weighted by Crippen LogP contribution is -2.21. The molecule has 2 aromatic rings. The third-order valence-electron chi connectivity index (χ3n) is 2.98. The van der Waals surface area contributed by atoms with E-state index in [4.69, 9.17) is 22.8 Å². The van der Waals surface area contributed by atoms with Crippen LogP contribution < -0.4 is 4.74 Å². The lowest BCUT2D eigenvalue weighted by Gasteiger charge is -2.12. The minimum atomic E-state index is -3.64. The van der Waals surface area contributed by atoms with Gasteiger partial charge in [-0.05, 0) is 42.0 Å². The van der Waals surface area contributed by atoms with Crippen LogP contribution in [-0.4, -0.2) is 19.8 Å². The summed E-state index contributed by atoms with van der Waals surface area (Å²) >= 11 is 5.80. The Morgan fingerprint density at radius 1 is 1.14 bits per heavy atom. The lowest BCUT2D eigenvalue weighted by molar-refractivity contribution is 0.306. The fourth-order valence-corrected chi connectivity index (χ4v) is 2.74. The van der Waals surface area contributed by atoms with Crippen LogP contribution in [0.5, 0.6) is 5.75 Å². The van der Waals surface area contributed by atoms with Crippen LogP contribution in [-0.2, 0) is 16.6 Å². The van der Waals surface area contributed by atoms with Crippen LogP contribution in [0.25, 0.3) is 0 Å². The van der Waals surface area contributed by atoms with Crippen molar-refractivity contribution >= 4 is 21.6 Å². The maximum atomic E-state index is 12.0. The monoisotopic (exact) mass is 335 g/mol. The van der Waals surface area contributed by atoms with Crippen LogP contribution in [0.2, 0.25) is 5.02 Å². The van der Waals surface area contributed by atoms with Gasteiger partial charge in [0.05, 0.1) is 4.90 Å². The Bertz CT molecular complexity index is 778. The van der Waals surface area contributed by atoms with Crippen LogP contribution in [0.15, 0.2) is 53.4 Å². The summed E-state index contributed by atoms with van der Waals surface area (Å²) < 4.78 is 30.5. The van der Waals surface area contributed by atoms with Crippen LogP contribution >= 0.6 is 11.6 Å². The zero-order chi connectivity index (χ0) is 16.2. The fourth-order valence-electron chi connectivity index (χ4n) is 1.68. The van der Waals surface area contributed by atoms with Crippen molar-refractivity contribution in [2.45, 2.75) is 11.5 Å². The van der Waals surface area contributed by atoms with Gasteiger partial charge in [0.15, 0.2) is 0 Å². The third kappa shape index (κ3) is 3.73. The molecule has 0 aliphatic carbocycles. The second-order valence-corrected chi connectivity index (χ2v) is 6.89. The van der Waals surface area contributed by atoms with Gasteiger partial charge in [-0.15, -0.1) is 0 Å². The van der Waals surface area contributed by atoms with Gasteiger partial charge in [-0.3, -0.25) is 0 Å². The number of halogens is 1. The van der Waals surface area contributed by atoms with Crippen LogP contribution in [0, 0.1) is 12.5 Å². The molecular formula is C16H14ClNO3S. The number of ether oxygens (including phenoxy) is 1. The quantitative estimate of drug-likeness (QED) is 0.623. The molecule has 4 nitrogen and oxygen atoms in total. The topological polar surface area (TPSA) is 46.6 Å². The molecular weight excluding hydrogens is 322 g/mol. The van der Waals surface area contributed by atoms with Crippen molar-refractivity contribution in [3.05, 3.63) is 59.1 Å². The SMILES string of the molecule is C#CN(C)S(=O)(=O)c1ccc(COc2ccc(Cl)cc2)cc1. The zero-order valence-corrected chi connectivity index (χ0v) is 13.4. The summed E-state index contributed by atoms with van der Waals surface area (Å²) in [4.78, 5) is 0.142. The highest BCUT2D eigenvalue weighted by atomic mass is 35.5. The van der Waals surface area contributed by atoms with Gasteiger partial charge in [0.1, 0.15) is 12.4 Å². The first-order valence-corrected chi connectivity index (χ1v) is 8.18. The minimum absolute atomic E-state index is 0.142. The van der Waals surface area contributed by atoms with E-state index in [1.54, 1.807) is 36.4 Å². The van der Waals surface area contributed by atoms with E-state index in [1.807, 2.05) is 0 Å². The summed E-state index contributed by atoms with van der Waals surface area (Å²) in [7, 11) is -2.31. The van der Waals surface area contributed by atoms with Gasteiger partial charge in [0.25, 0.3) is 10.0 Å².